The van der Waals surface area contributed by atoms with Crippen LogP contribution in [-0.4, -0.2) is 42.3 Å². The molecule has 0 fully saturated rings. The Kier molecular flexibility index (Phi) is 12.8. The molecule has 0 aliphatic carbocycles. The molecule has 164 valence electrons. The maximum Gasteiger partial charge on any atom is 0.450 e. The number of rotatable bonds is 9. The molecule has 0 aromatic heterocycles. The minimum atomic E-state index is -1.06. The van der Waals surface area contributed by atoms with Crippen molar-refractivity contribution in [1.82, 2.24) is 16.0 Å². The topological polar surface area (TPSA) is 132 Å². The zero-order valence-electron chi connectivity index (χ0n) is 17.8. The maximum atomic E-state index is 12.3. The summed E-state index contributed by atoms with van der Waals surface area (Å²) in [6.07, 6.45) is -1.44. The van der Waals surface area contributed by atoms with E-state index >= 15 is 0 Å². The van der Waals surface area contributed by atoms with Gasteiger partial charge in [-0.1, -0.05) is 47.5 Å². The molecule has 0 rings (SSSR count). The van der Waals surface area contributed by atoms with E-state index in [9.17, 15) is 14.4 Å². The van der Waals surface area contributed by atoms with Crippen molar-refractivity contribution in [3.05, 3.63) is 0 Å². The molecule has 3 atom stereocenters. The van der Waals surface area contributed by atoms with Crippen LogP contribution in [-0.2, 0) is 14.2 Å². The van der Waals surface area contributed by atoms with E-state index in [-0.39, 0.29) is 24.5 Å². The normalized spacial score (nSPS) is 13.9. The monoisotopic (exact) mass is 404 g/mol. The Labute approximate surface area is 167 Å². The molecule has 3 unspecified atom stereocenters. The highest BCUT2D eigenvalue weighted by Crippen LogP contribution is 2.06. The van der Waals surface area contributed by atoms with Crippen molar-refractivity contribution in [1.29, 1.82) is 0 Å². The van der Waals surface area contributed by atoms with Crippen molar-refractivity contribution in [3.63, 3.8) is 0 Å². The molecule has 0 saturated carbocycles. The second kappa shape index (κ2) is 13.9. The molecule has 0 aliphatic heterocycles. The molecule has 0 spiro atoms. The summed E-state index contributed by atoms with van der Waals surface area (Å²) in [7, 11) is 0. The van der Waals surface area contributed by atoms with Crippen LogP contribution in [0.4, 0.5) is 14.4 Å². The molecule has 0 heterocycles. The molecule has 0 bridgehead atoms. The number of hydrogen-bond donors (Lipinski definition) is 3. The first kappa shape index (κ1) is 25.8. The van der Waals surface area contributed by atoms with Crippen molar-refractivity contribution < 1.29 is 28.6 Å². The number of ether oxygens (including phenoxy) is 3. The Morgan fingerprint density at radius 3 is 2.14 bits per heavy atom. The minimum Gasteiger partial charge on any atom is -0.448 e. The lowest BCUT2D eigenvalue weighted by atomic mass is 10.1. The molecule has 3 amide bonds. The van der Waals surface area contributed by atoms with Gasteiger partial charge in [0.2, 0.25) is 0 Å². The van der Waals surface area contributed by atoms with Gasteiger partial charge in [0.15, 0.2) is 6.23 Å². The van der Waals surface area contributed by atoms with Gasteiger partial charge in [-0.15, -0.1) is 5.12 Å². The predicted octanol–water partition coefficient (Wildman–Crippen LogP) is 3.27. The van der Waals surface area contributed by atoms with Crippen molar-refractivity contribution in [2.45, 2.75) is 79.6 Å². The minimum absolute atomic E-state index is 0.151. The lowest BCUT2D eigenvalue weighted by Crippen LogP contribution is -2.57. The van der Waals surface area contributed by atoms with Crippen molar-refractivity contribution in [3.8, 4) is 0 Å². The van der Waals surface area contributed by atoms with Crippen LogP contribution in [0.25, 0.3) is 0 Å². The van der Waals surface area contributed by atoms with Crippen LogP contribution < -0.4 is 16.6 Å². The van der Waals surface area contributed by atoms with Gasteiger partial charge in [0.25, 0.3) is 0 Å². The van der Waals surface area contributed by atoms with E-state index in [1.165, 1.54) is 0 Å². The van der Waals surface area contributed by atoms with Gasteiger partial charge in [-0.25, -0.2) is 25.2 Å². The SMILES string of the molecule is CCCC(C)OC(=O)NN(NC(=O)OCC(C)CC)C(=O)OC(N)CC(C)C. The molecular weight excluding hydrogens is 368 g/mol. The summed E-state index contributed by atoms with van der Waals surface area (Å²) in [4.78, 5) is 36.2. The highest BCUT2D eigenvalue weighted by Gasteiger charge is 2.25. The van der Waals surface area contributed by atoms with Gasteiger partial charge in [0.05, 0.1) is 6.61 Å². The third-order valence-electron chi connectivity index (χ3n) is 3.74. The van der Waals surface area contributed by atoms with E-state index in [1.54, 1.807) is 6.92 Å². The molecule has 0 aromatic carbocycles. The van der Waals surface area contributed by atoms with E-state index < -0.39 is 24.5 Å². The van der Waals surface area contributed by atoms with Crippen molar-refractivity contribution in [2.75, 3.05) is 6.61 Å². The van der Waals surface area contributed by atoms with Crippen LogP contribution in [0.5, 0.6) is 0 Å². The smallest absolute Gasteiger partial charge is 0.448 e. The van der Waals surface area contributed by atoms with Crippen molar-refractivity contribution in [2.24, 2.45) is 17.6 Å². The number of amides is 3. The zero-order chi connectivity index (χ0) is 21.7. The summed E-state index contributed by atoms with van der Waals surface area (Å²) in [5.41, 5.74) is 10.0. The number of carbonyl (C=O) groups is 3. The van der Waals surface area contributed by atoms with Crippen LogP contribution in [0.2, 0.25) is 0 Å². The zero-order valence-corrected chi connectivity index (χ0v) is 17.8. The first-order valence-electron chi connectivity index (χ1n) is 9.75. The Morgan fingerprint density at radius 1 is 1.00 bits per heavy atom. The lowest BCUT2D eigenvalue weighted by Gasteiger charge is -2.25. The van der Waals surface area contributed by atoms with E-state index in [0.717, 1.165) is 12.8 Å². The summed E-state index contributed by atoms with van der Waals surface area (Å²) in [6.45, 7) is 11.5. The fourth-order valence-corrected chi connectivity index (χ4v) is 2.04. The van der Waals surface area contributed by atoms with Gasteiger partial charge in [-0.2, -0.15) is 0 Å². The second-order valence-electron chi connectivity index (χ2n) is 7.23. The van der Waals surface area contributed by atoms with Gasteiger partial charge >= 0.3 is 18.3 Å². The average Bonchev–Trinajstić information content (AvgIpc) is 2.58. The number of nitrogens with zero attached hydrogens (tertiary/aromatic N) is 1. The fourth-order valence-electron chi connectivity index (χ4n) is 2.04. The Morgan fingerprint density at radius 2 is 1.61 bits per heavy atom. The Bertz CT molecular complexity index is 489. The first-order chi connectivity index (χ1) is 13.1. The predicted molar refractivity (Wildman–Crippen MR) is 104 cm³/mol. The molecule has 0 aromatic rings. The highest BCUT2D eigenvalue weighted by molar-refractivity contribution is 5.77. The first-order valence-corrected chi connectivity index (χ1v) is 9.75. The summed E-state index contributed by atoms with van der Waals surface area (Å²) in [5, 5.41) is 0.472. The number of nitrogens with one attached hydrogen (secondary N) is 2. The third-order valence-corrected chi connectivity index (χ3v) is 3.74. The average molecular weight is 405 g/mol. The number of hydrogen-bond acceptors (Lipinski definition) is 7. The van der Waals surface area contributed by atoms with Crippen LogP contribution in [0, 0.1) is 11.8 Å². The Balaban J connectivity index is 4.91. The van der Waals surface area contributed by atoms with Gasteiger partial charge in [-0.05, 0) is 25.2 Å². The third kappa shape index (κ3) is 12.2. The Hall–Kier alpha value is -2.23. The van der Waals surface area contributed by atoms with E-state index in [2.05, 4.69) is 10.9 Å². The second-order valence-corrected chi connectivity index (χ2v) is 7.23. The van der Waals surface area contributed by atoms with E-state index in [1.807, 2.05) is 34.6 Å². The summed E-state index contributed by atoms with van der Waals surface area (Å²) >= 11 is 0. The molecule has 10 heteroatoms. The molecule has 0 aliphatic rings. The lowest BCUT2D eigenvalue weighted by molar-refractivity contribution is 0.0120. The van der Waals surface area contributed by atoms with Crippen molar-refractivity contribution >= 4 is 18.3 Å². The van der Waals surface area contributed by atoms with E-state index in [0.29, 0.717) is 18.0 Å². The number of carbonyl (C=O) groups excluding carboxylic acids is 3. The molecule has 10 nitrogen and oxygen atoms in total. The maximum absolute atomic E-state index is 12.3. The standard InChI is InChI=1S/C18H36N4O6/c1-7-9-14(6)27-17(24)21-22(18(25)28-15(19)10-12(3)4)20-16(23)26-11-13(5)8-2/h12-15H,7-11,19H2,1-6H3,(H,20,23)(H,21,24). The quantitative estimate of drug-likeness (QED) is 0.305. The van der Waals surface area contributed by atoms with Gasteiger partial charge in [-0.3, -0.25) is 5.73 Å². The van der Waals surface area contributed by atoms with Crippen LogP contribution in [0.15, 0.2) is 0 Å². The van der Waals surface area contributed by atoms with Gasteiger partial charge in [0, 0.05) is 6.42 Å². The summed E-state index contributed by atoms with van der Waals surface area (Å²) in [6, 6.07) is 0. The molecular formula is C18H36N4O6. The molecule has 4 N–H and O–H groups in total. The van der Waals surface area contributed by atoms with Crippen LogP contribution in [0.3, 0.4) is 0 Å². The molecule has 0 saturated heterocycles. The van der Waals surface area contributed by atoms with E-state index in [4.69, 9.17) is 19.9 Å². The van der Waals surface area contributed by atoms with Crippen LogP contribution in [0.1, 0.15) is 67.2 Å². The van der Waals surface area contributed by atoms with Gasteiger partial charge in [0.1, 0.15) is 6.10 Å². The number of hydrazine groups is 2. The molecule has 0 radical (unpaired) electrons. The highest BCUT2D eigenvalue weighted by atomic mass is 16.6. The fraction of sp³-hybridized carbons (Fsp3) is 0.833. The van der Waals surface area contributed by atoms with Crippen LogP contribution >= 0.6 is 0 Å². The largest absolute Gasteiger partial charge is 0.450 e. The molecule has 28 heavy (non-hydrogen) atoms. The number of nitrogens with two attached hydrogens (primary N) is 1. The summed E-state index contributed by atoms with van der Waals surface area (Å²) in [5.74, 6) is 0.343. The summed E-state index contributed by atoms with van der Waals surface area (Å²) < 4.78 is 15.2. The van der Waals surface area contributed by atoms with Gasteiger partial charge < -0.3 is 14.2 Å².